The Morgan fingerprint density at radius 2 is 0.730 bits per heavy atom. The van der Waals surface area contributed by atoms with Crippen LogP contribution in [0.5, 0.6) is 0 Å². The Bertz CT molecular complexity index is 3300. The Morgan fingerprint density at radius 1 is 0.444 bits per heavy atom. The SMILES string of the molecule is Cc1nn2c(C)n[nH]c2c1/N=N/c1c(C#N)cnn1-c1nc(-n2ncc(C#N)c2/N=N/c2c(C)nn3c(C)n[nH]c23)nc(-n2ncc(C#N)c2/N=N/c2c(C)nn3c(C)n[nH]c23)n1. The minimum atomic E-state index is -0.238. The lowest BCUT2D eigenvalue weighted by Gasteiger charge is -2.09. The lowest BCUT2D eigenvalue weighted by atomic mass is 10.4. The van der Waals surface area contributed by atoms with Crippen molar-refractivity contribution in [2.45, 2.75) is 41.5 Å². The van der Waals surface area contributed by atoms with Gasteiger partial charge in [-0.05, 0) is 41.5 Å². The third kappa shape index (κ3) is 5.84. The zero-order valence-corrected chi connectivity index (χ0v) is 33.3. The fourth-order valence-electron chi connectivity index (χ4n) is 6.37. The predicted octanol–water partition coefficient (Wildman–Crippen LogP) is 4.25. The van der Waals surface area contributed by atoms with E-state index in [9.17, 15) is 15.8 Å². The average Bonchev–Trinajstić information content (AvgIpc) is 4.16. The van der Waals surface area contributed by atoms with Crippen LogP contribution in [-0.2, 0) is 0 Å². The van der Waals surface area contributed by atoms with Gasteiger partial charge < -0.3 is 0 Å². The van der Waals surface area contributed by atoms with Crippen LogP contribution in [0.3, 0.4) is 0 Å². The molecule has 63 heavy (non-hydrogen) atoms. The minimum Gasteiger partial charge on any atom is -0.258 e. The summed E-state index contributed by atoms with van der Waals surface area (Å²) in [5, 5.41) is 105. The number of nitriles is 3. The fraction of sp³-hybridized carbons (Fsp3) is 0.182. The zero-order chi connectivity index (χ0) is 43.7. The molecule has 30 heteroatoms. The minimum absolute atomic E-state index is 0.00128. The molecule has 10 aromatic rings. The van der Waals surface area contributed by atoms with Crippen molar-refractivity contribution in [1.29, 1.82) is 15.8 Å². The van der Waals surface area contributed by atoms with Gasteiger partial charge in [0.05, 0.1) is 35.7 Å². The van der Waals surface area contributed by atoms with Crippen LogP contribution in [0.15, 0.2) is 49.3 Å². The Kier molecular flexibility index (Phi) is 8.31. The van der Waals surface area contributed by atoms with Gasteiger partial charge in [0, 0.05) is 0 Å². The summed E-state index contributed by atoms with van der Waals surface area (Å²) in [4.78, 5) is 13.9. The van der Waals surface area contributed by atoms with Crippen LogP contribution in [0.25, 0.3) is 34.8 Å². The predicted molar refractivity (Wildman–Crippen MR) is 208 cm³/mol. The summed E-state index contributed by atoms with van der Waals surface area (Å²) in [5.41, 5.74) is 4.02. The summed E-state index contributed by atoms with van der Waals surface area (Å²) in [6, 6.07) is 6.19. The van der Waals surface area contributed by atoms with E-state index in [4.69, 9.17) is 0 Å². The van der Waals surface area contributed by atoms with E-state index < -0.39 is 0 Å². The quantitative estimate of drug-likeness (QED) is 0.171. The molecule has 306 valence electrons. The summed E-state index contributed by atoms with van der Waals surface area (Å²) in [7, 11) is 0. The largest absolute Gasteiger partial charge is 0.259 e. The van der Waals surface area contributed by atoms with Crippen LogP contribution in [-0.4, -0.2) is 104 Å². The monoisotopic (exact) mass is 840 g/mol. The molecule has 0 radical (unpaired) electrons. The van der Waals surface area contributed by atoms with Gasteiger partial charge in [0.25, 0.3) is 17.8 Å². The van der Waals surface area contributed by atoms with Crippen molar-refractivity contribution in [2.24, 2.45) is 30.7 Å². The number of aromatic amines is 3. The molecule has 0 unspecified atom stereocenters. The maximum Gasteiger partial charge on any atom is 0.259 e. The molecular weight excluding hydrogens is 817 g/mol. The standard InChI is InChI=1S/C33H24N30/c1-13-22(28-52-43-16(4)58(28)55-13)46-49-25-19(7-34)10-37-61(25)31-40-32(62-26(20(8-35)11-38-62)50-47-23-14(2)56-59-17(5)44-53-29(23)59)42-33(41-31)63-27(21(9-36)12-39-63)51-48-24-15(3)57-60-18(6)45-54-30(24)60/h10-12,52-54H,1-6H3/b49-46+,50-47+,51-48+. The van der Waals surface area contributed by atoms with Gasteiger partial charge in [0.15, 0.2) is 51.5 Å². The molecule has 0 bridgehead atoms. The van der Waals surface area contributed by atoms with E-state index in [0.717, 1.165) is 14.0 Å². The molecule has 0 amide bonds. The first-order valence-electron chi connectivity index (χ1n) is 18.2. The Hall–Kier alpha value is -10.0. The molecule has 0 saturated carbocycles. The molecule has 10 rings (SSSR count). The van der Waals surface area contributed by atoms with E-state index in [0.29, 0.717) is 68.6 Å². The van der Waals surface area contributed by atoms with Gasteiger partial charge in [-0.3, -0.25) is 15.3 Å². The molecule has 10 aromatic heterocycles. The highest BCUT2D eigenvalue weighted by Gasteiger charge is 2.25. The molecule has 0 aliphatic rings. The van der Waals surface area contributed by atoms with Crippen molar-refractivity contribution in [3.05, 3.63) is 69.8 Å². The second kappa shape index (κ2) is 14.1. The van der Waals surface area contributed by atoms with Crippen molar-refractivity contribution in [2.75, 3.05) is 0 Å². The third-order valence-electron chi connectivity index (χ3n) is 9.47. The van der Waals surface area contributed by atoms with Crippen LogP contribution in [0.1, 0.15) is 51.2 Å². The smallest absolute Gasteiger partial charge is 0.258 e. The molecule has 3 N–H and O–H groups in total. The summed E-state index contributed by atoms with van der Waals surface area (Å²) in [6.45, 7) is 10.5. The third-order valence-corrected chi connectivity index (χ3v) is 9.47. The molecule has 0 fully saturated rings. The van der Waals surface area contributed by atoms with E-state index in [1.807, 2.05) is 0 Å². The number of fused-ring (bicyclic) bond motifs is 3. The normalized spacial score (nSPS) is 12.0. The average molecular weight is 841 g/mol. The number of hydrogen-bond acceptors (Lipinski definition) is 21. The van der Waals surface area contributed by atoms with Crippen LogP contribution in [0.2, 0.25) is 0 Å². The van der Waals surface area contributed by atoms with Gasteiger partial charge in [-0.2, -0.15) is 104 Å². The molecular formula is C33H24N30. The number of aromatic nitrogens is 21. The maximum atomic E-state index is 10.2. The van der Waals surface area contributed by atoms with Gasteiger partial charge in [-0.25, -0.2) is 0 Å². The number of rotatable bonds is 9. The maximum absolute atomic E-state index is 10.2. The van der Waals surface area contributed by atoms with Crippen molar-refractivity contribution in [1.82, 2.24) is 104 Å². The van der Waals surface area contributed by atoms with Crippen LogP contribution < -0.4 is 0 Å². The Morgan fingerprint density at radius 3 is 1.00 bits per heavy atom. The molecule has 0 aliphatic carbocycles. The molecule has 0 saturated heterocycles. The summed E-state index contributed by atoms with van der Waals surface area (Å²) in [5.74, 6) is 0.799. The highest BCUT2D eigenvalue weighted by molar-refractivity contribution is 5.68. The Labute approximate surface area is 348 Å². The highest BCUT2D eigenvalue weighted by Crippen LogP contribution is 2.33. The Balaban J connectivity index is 1.16. The highest BCUT2D eigenvalue weighted by atomic mass is 15.5. The number of aryl methyl sites for hydroxylation is 6. The molecule has 0 atom stereocenters. The number of hydrogen-bond donors (Lipinski definition) is 3. The fourth-order valence-corrected chi connectivity index (χ4v) is 6.37. The van der Waals surface area contributed by atoms with Crippen LogP contribution in [0, 0.1) is 75.5 Å². The molecule has 0 aromatic carbocycles. The summed E-state index contributed by atoms with van der Waals surface area (Å²) < 4.78 is 8.12. The molecule has 30 nitrogen and oxygen atoms in total. The van der Waals surface area contributed by atoms with Crippen molar-refractivity contribution in [3.63, 3.8) is 0 Å². The van der Waals surface area contributed by atoms with E-state index in [-0.39, 0.29) is 52.0 Å². The lowest BCUT2D eigenvalue weighted by Crippen LogP contribution is -2.14. The van der Waals surface area contributed by atoms with Crippen molar-refractivity contribution in [3.8, 4) is 36.1 Å². The lowest BCUT2D eigenvalue weighted by molar-refractivity contribution is 0.706. The number of nitrogens with one attached hydrogen (secondary N) is 3. The topological polar surface area (TPSA) is 376 Å². The van der Waals surface area contributed by atoms with E-state index in [1.165, 1.54) is 18.6 Å². The summed E-state index contributed by atoms with van der Waals surface area (Å²) in [6.07, 6.45) is 3.75. The number of azo groups is 3. The number of nitrogens with zero attached hydrogens (tertiary/aromatic N) is 27. The van der Waals surface area contributed by atoms with Gasteiger partial charge >= 0.3 is 0 Å². The van der Waals surface area contributed by atoms with Gasteiger partial charge in [-0.15, -0.1) is 30.7 Å². The van der Waals surface area contributed by atoms with E-state index in [2.05, 4.69) is 125 Å². The van der Waals surface area contributed by atoms with Gasteiger partial charge in [0.2, 0.25) is 0 Å². The first-order chi connectivity index (χ1) is 30.6. The van der Waals surface area contributed by atoms with E-state index >= 15 is 0 Å². The van der Waals surface area contributed by atoms with Crippen LogP contribution in [0.4, 0.5) is 34.5 Å². The van der Waals surface area contributed by atoms with Gasteiger partial charge in [-0.1, -0.05) is 0 Å². The van der Waals surface area contributed by atoms with Gasteiger partial charge in [0.1, 0.15) is 52.4 Å². The van der Waals surface area contributed by atoms with Crippen molar-refractivity contribution >= 4 is 51.5 Å². The zero-order valence-electron chi connectivity index (χ0n) is 33.3. The van der Waals surface area contributed by atoms with Crippen molar-refractivity contribution < 1.29 is 0 Å². The molecule has 0 spiro atoms. The second-order valence-electron chi connectivity index (χ2n) is 13.4. The second-order valence-corrected chi connectivity index (χ2v) is 13.4. The summed E-state index contributed by atoms with van der Waals surface area (Å²) >= 11 is 0. The van der Waals surface area contributed by atoms with Crippen LogP contribution >= 0.6 is 0 Å². The molecule has 0 aliphatic heterocycles. The molecule has 10 heterocycles. The first kappa shape index (κ1) is 37.2. The van der Waals surface area contributed by atoms with E-state index in [1.54, 1.807) is 55.1 Å². The number of H-pyrrole nitrogens is 3. The first-order valence-corrected chi connectivity index (χ1v) is 18.2.